The average Bonchev–Trinajstić information content (AvgIpc) is 2.99. The van der Waals surface area contributed by atoms with Crippen LogP contribution < -0.4 is 16.0 Å². The van der Waals surface area contributed by atoms with Gasteiger partial charge in [0.15, 0.2) is 0 Å². The zero-order chi connectivity index (χ0) is 37.0. The van der Waals surface area contributed by atoms with E-state index in [1.165, 1.54) is 11.9 Å². The Hall–Kier alpha value is -2.80. The standard InChI is InChI=1S/C27H52N8O12P2/c1-28-27(44)21(4-2-3-5-29-22(36)14-35(19-48)20-49(45,46)47)30-23(37)15-31-6-8-32(16-24(38)39)10-12-34(18-26(42)43)13-11-33(9-7-31)17-25(40)41/h21H,2-20,48H2,1H3,(H,28,44)(H,29,36)(H,30,37)(H,38,39)(H,40,41)(H,42,43)(H2,45,46,47)/t21-/m1/s1. The highest BCUT2D eigenvalue weighted by Crippen LogP contribution is 2.35. The first-order valence-corrected chi connectivity index (χ1v) is 18.4. The van der Waals surface area contributed by atoms with Crippen molar-refractivity contribution in [3.63, 3.8) is 0 Å². The van der Waals surface area contributed by atoms with Crippen LogP contribution in [0.3, 0.4) is 0 Å². The van der Waals surface area contributed by atoms with E-state index in [0.717, 1.165) is 0 Å². The molecule has 20 nitrogen and oxygen atoms in total. The van der Waals surface area contributed by atoms with Gasteiger partial charge in [-0.3, -0.25) is 57.8 Å². The van der Waals surface area contributed by atoms with E-state index in [4.69, 9.17) is 9.79 Å². The molecular weight excluding hydrogens is 690 g/mol. The van der Waals surface area contributed by atoms with Crippen LogP contribution in [0, 0.1) is 0 Å². The predicted octanol–water partition coefficient (Wildman–Crippen LogP) is -3.75. The largest absolute Gasteiger partial charge is 0.480 e. The Morgan fingerprint density at radius 1 is 0.735 bits per heavy atom. The van der Waals surface area contributed by atoms with Gasteiger partial charge in [-0.2, -0.15) is 0 Å². The lowest BCUT2D eigenvalue weighted by molar-refractivity contribution is -0.140. The fourth-order valence-corrected chi connectivity index (χ4v) is 6.28. The Morgan fingerprint density at radius 3 is 1.53 bits per heavy atom. The number of hydrogen-bond donors (Lipinski definition) is 8. The molecule has 1 heterocycles. The van der Waals surface area contributed by atoms with Crippen LogP contribution in [-0.2, 0) is 33.3 Å². The van der Waals surface area contributed by atoms with Gasteiger partial charge in [0.2, 0.25) is 17.7 Å². The Morgan fingerprint density at radius 2 is 1.16 bits per heavy atom. The number of nitrogens with one attached hydrogen (secondary N) is 3. The lowest BCUT2D eigenvalue weighted by atomic mass is 10.1. The summed E-state index contributed by atoms with van der Waals surface area (Å²) in [6.45, 7) is 0.924. The highest BCUT2D eigenvalue weighted by atomic mass is 31.2. The third-order valence-corrected chi connectivity index (χ3v) is 8.81. The second kappa shape index (κ2) is 23.6. The maximum absolute atomic E-state index is 13.2. The summed E-state index contributed by atoms with van der Waals surface area (Å²) in [7, 11) is -0.585. The summed E-state index contributed by atoms with van der Waals surface area (Å²) in [4.78, 5) is 98.5. The molecule has 0 radical (unpaired) electrons. The fraction of sp³-hybridized carbons (Fsp3) is 0.778. The number of amides is 3. The van der Waals surface area contributed by atoms with Crippen LogP contribution in [0.15, 0.2) is 0 Å². The van der Waals surface area contributed by atoms with Gasteiger partial charge in [0, 0.05) is 72.2 Å². The van der Waals surface area contributed by atoms with Crippen LogP contribution in [-0.4, -0.2) is 203 Å². The van der Waals surface area contributed by atoms with E-state index < -0.39 is 55.6 Å². The van der Waals surface area contributed by atoms with E-state index in [-0.39, 0.29) is 104 Å². The number of aliphatic carboxylic acids is 3. The molecule has 0 saturated carbocycles. The molecule has 8 N–H and O–H groups in total. The number of carbonyl (C=O) groups is 6. The lowest BCUT2D eigenvalue weighted by Gasteiger charge is -2.33. The average molecular weight is 743 g/mol. The number of unbranched alkanes of at least 4 members (excludes halogenated alkanes) is 1. The number of carboxylic acids is 3. The Balaban J connectivity index is 2.83. The first kappa shape index (κ1) is 44.2. The normalized spacial score (nSPS) is 17.0. The maximum atomic E-state index is 13.2. The molecule has 49 heavy (non-hydrogen) atoms. The first-order valence-electron chi connectivity index (χ1n) is 15.8. The molecule has 0 aromatic heterocycles. The summed E-state index contributed by atoms with van der Waals surface area (Å²) in [6.07, 6.45) is 0.804. The van der Waals surface area contributed by atoms with E-state index in [2.05, 4.69) is 25.2 Å². The third kappa shape index (κ3) is 21.8. The quantitative estimate of drug-likeness (QED) is 0.0440. The van der Waals surface area contributed by atoms with E-state index in [0.29, 0.717) is 12.8 Å². The molecule has 0 aliphatic carbocycles. The number of carbonyl (C=O) groups excluding carboxylic acids is 3. The van der Waals surface area contributed by atoms with Crippen LogP contribution in [0.5, 0.6) is 0 Å². The Labute approximate surface area is 287 Å². The van der Waals surface area contributed by atoms with Gasteiger partial charge in [0.25, 0.3) is 0 Å². The number of likely N-dealkylation sites (N-methyl/N-ethyl adjacent to an activating group) is 1. The first-order chi connectivity index (χ1) is 23.0. The molecule has 1 saturated heterocycles. The van der Waals surface area contributed by atoms with E-state index in [1.807, 2.05) is 0 Å². The van der Waals surface area contributed by atoms with Crippen LogP contribution in [0.1, 0.15) is 19.3 Å². The minimum Gasteiger partial charge on any atom is -0.480 e. The van der Waals surface area contributed by atoms with Crippen LogP contribution in [0.2, 0.25) is 0 Å². The minimum absolute atomic E-state index is 0.155. The van der Waals surface area contributed by atoms with Crippen molar-refractivity contribution in [1.29, 1.82) is 0 Å². The second-order valence-corrected chi connectivity index (χ2v) is 13.7. The molecule has 0 bridgehead atoms. The molecule has 0 aromatic rings. The maximum Gasteiger partial charge on any atom is 0.339 e. The van der Waals surface area contributed by atoms with Crippen molar-refractivity contribution in [2.75, 3.05) is 111 Å². The van der Waals surface area contributed by atoms with Crippen molar-refractivity contribution < 1.29 is 58.4 Å². The molecule has 2 atom stereocenters. The topological polar surface area (TPSA) is 273 Å². The van der Waals surface area contributed by atoms with Gasteiger partial charge in [-0.15, -0.1) is 9.24 Å². The van der Waals surface area contributed by atoms with Crippen LogP contribution in [0.4, 0.5) is 0 Å². The summed E-state index contributed by atoms with van der Waals surface area (Å²) < 4.78 is 11.2. The molecular formula is C27H52N8O12P2. The fourth-order valence-electron chi connectivity index (χ4n) is 5.06. The number of rotatable bonds is 20. The molecule has 1 aliphatic rings. The molecule has 1 fully saturated rings. The number of nitrogens with zero attached hydrogens (tertiary/aromatic N) is 5. The zero-order valence-corrected chi connectivity index (χ0v) is 29.9. The Bertz CT molecular complexity index is 1120. The number of hydrogen-bond acceptors (Lipinski definition) is 12. The summed E-state index contributed by atoms with van der Waals surface area (Å²) in [5, 5.41) is 36.0. The molecule has 1 unspecified atom stereocenters. The number of carboxylic acid groups (broad SMARTS) is 3. The van der Waals surface area contributed by atoms with Crippen molar-refractivity contribution in [2.24, 2.45) is 0 Å². The van der Waals surface area contributed by atoms with Crippen molar-refractivity contribution in [3.05, 3.63) is 0 Å². The molecule has 282 valence electrons. The summed E-state index contributed by atoms with van der Waals surface area (Å²) in [5.41, 5.74) is 0. The summed E-state index contributed by atoms with van der Waals surface area (Å²) in [6, 6.07) is -0.885. The van der Waals surface area contributed by atoms with E-state index >= 15 is 0 Å². The summed E-state index contributed by atoms with van der Waals surface area (Å²) in [5.74, 6) is -4.51. The van der Waals surface area contributed by atoms with E-state index in [9.17, 15) is 48.7 Å². The van der Waals surface area contributed by atoms with Crippen molar-refractivity contribution >= 4 is 52.5 Å². The monoisotopic (exact) mass is 742 g/mol. The van der Waals surface area contributed by atoms with Gasteiger partial charge in [0.05, 0.1) is 32.7 Å². The zero-order valence-electron chi connectivity index (χ0n) is 27.9. The molecule has 1 rings (SSSR count). The Kier molecular flexibility index (Phi) is 21.3. The van der Waals surface area contributed by atoms with Gasteiger partial charge in [-0.25, -0.2) is 0 Å². The molecule has 22 heteroatoms. The van der Waals surface area contributed by atoms with Gasteiger partial charge in [0.1, 0.15) is 12.3 Å². The van der Waals surface area contributed by atoms with Gasteiger partial charge < -0.3 is 41.1 Å². The summed E-state index contributed by atoms with van der Waals surface area (Å²) >= 11 is 0. The van der Waals surface area contributed by atoms with Crippen LogP contribution in [0.25, 0.3) is 0 Å². The predicted molar refractivity (Wildman–Crippen MR) is 180 cm³/mol. The van der Waals surface area contributed by atoms with Gasteiger partial charge >= 0.3 is 25.5 Å². The third-order valence-electron chi connectivity index (χ3n) is 7.52. The minimum atomic E-state index is -4.32. The SMILES string of the molecule is CNC(=O)[C@@H](CCCCNC(=O)CN(CP)CP(=O)(O)O)NC(=O)CN1CCN(CC(=O)O)CCN(CC(=O)O)CCN(CC(=O)O)CC1. The molecule has 0 aromatic carbocycles. The van der Waals surface area contributed by atoms with Crippen molar-refractivity contribution in [2.45, 2.75) is 25.3 Å². The van der Waals surface area contributed by atoms with Crippen molar-refractivity contribution in [3.8, 4) is 0 Å². The molecule has 1 aliphatic heterocycles. The highest BCUT2D eigenvalue weighted by molar-refractivity contribution is 7.51. The highest BCUT2D eigenvalue weighted by Gasteiger charge is 2.24. The lowest BCUT2D eigenvalue weighted by Crippen LogP contribution is -2.52. The molecule has 0 spiro atoms. The smallest absolute Gasteiger partial charge is 0.339 e. The van der Waals surface area contributed by atoms with Crippen LogP contribution >= 0.6 is 16.8 Å². The second-order valence-electron chi connectivity index (χ2n) is 11.7. The van der Waals surface area contributed by atoms with E-state index in [1.54, 1.807) is 19.6 Å². The van der Waals surface area contributed by atoms with Gasteiger partial charge in [-0.1, -0.05) is 0 Å². The van der Waals surface area contributed by atoms with Gasteiger partial charge in [-0.05, 0) is 19.3 Å². The van der Waals surface area contributed by atoms with Crippen molar-refractivity contribution in [1.82, 2.24) is 40.4 Å². The molecule has 3 amide bonds.